The Morgan fingerprint density at radius 3 is 2.34 bits per heavy atom. The molecule has 4 fully saturated rings. The van der Waals surface area contributed by atoms with E-state index in [1.54, 1.807) is 0 Å². The van der Waals surface area contributed by atoms with Crippen LogP contribution in [0.3, 0.4) is 0 Å². The smallest absolute Gasteiger partial charge is 0.0134 e. The molecule has 0 bridgehead atoms. The van der Waals surface area contributed by atoms with Gasteiger partial charge in [-0.05, 0) is 104 Å². The van der Waals surface area contributed by atoms with Crippen LogP contribution in [-0.4, -0.2) is 12.6 Å². The van der Waals surface area contributed by atoms with Crippen molar-refractivity contribution in [3.8, 4) is 0 Å². The van der Waals surface area contributed by atoms with Crippen LogP contribution in [0.15, 0.2) is 0 Å². The average Bonchev–Trinajstić information content (AvgIpc) is 3.05. The van der Waals surface area contributed by atoms with E-state index in [1.165, 1.54) is 77.2 Å². The van der Waals surface area contributed by atoms with Crippen LogP contribution in [0.5, 0.6) is 0 Å². The number of hydrogen-bond acceptors (Lipinski definition) is 1. The quantitative estimate of drug-likeness (QED) is 0.481. The van der Waals surface area contributed by atoms with E-state index in [-0.39, 0.29) is 0 Å². The van der Waals surface area contributed by atoms with Crippen molar-refractivity contribution in [2.45, 2.75) is 118 Å². The fourth-order valence-corrected chi connectivity index (χ4v) is 9.36. The van der Waals surface area contributed by atoms with Crippen LogP contribution in [0.4, 0.5) is 0 Å². The van der Waals surface area contributed by atoms with Gasteiger partial charge in [-0.1, -0.05) is 67.2 Å². The van der Waals surface area contributed by atoms with Gasteiger partial charge in [0.15, 0.2) is 0 Å². The highest BCUT2D eigenvalue weighted by Crippen LogP contribution is 2.64. The molecule has 1 saturated heterocycles. The van der Waals surface area contributed by atoms with Crippen molar-refractivity contribution in [1.82, 2.24) is 5.32 Å². The highest BCUT2D eigenvalue weighted by Gasteiger charge is 2.60. The summed E-state index contributed by atoms with van der Waals surface area (Å²) < 4.78 is 0. The van der Waals surface area contributed by atoms with Crippen molar-refractivity contribution in [2.75, 3.05) is 6.54 Å². The monoisotopic (exact) mass is 401 g/mol. The summed E-state index contributed by atoms with van der Waals surface area (Å²) in [4.78, 5) is 0. The maximum Gasteiger partial charge on any atom is 0.0134 e. The van der Waals surface area contributed by atoms with Gasteiger partial charge in [0.1, 0.15) is 0 Å². The molecule has 1 unspecified atom stereocenters. The number of nitrogens with one attached hydrogen (secondary N) is 1. The van der Waals surface area contributed by atoms with E-state index in [1.807, 2.05) is 0 Å². The average molecular weight is 402 g/mol. The largest absolute Gasteiger partial charge is 0.313 e. The first-order valence-corrected chi connectivity index (χ1v) is 13.5. The molecule has 4 aliphatic rings. The highest BCUT2D eigenvalue weighted by atomic mass is 15.0. The maximum absolute atomic E-state index is 4.18. The second kappa shape index (κ2) is 8.48. The summed E-state index contributed by atoms with van der Waals surface area (Å²) in [6.45, 7) is 16.6. The lowest BCUT2D eigenvalue weighted by Crippen LogP contribution is -2.63. The van der Waals surface area contributed by atoms with Crippen LogP contribution in [0.1, 0.15) is 112 Å². The Kier molecular flexibility index (Phi) is 6.48. The van der Waals surface area contributed by atoms with Gasteiger partial charge in [-0.3, -0.25) is 0 Å². The zero-order valence-corrected chi connectivity index (χ0v) is 20.6. The Hall–Kier alpha value is -0.0400. The van der Waals surface area contributed by atoms with Crippen LogP contribution in [-0.2, 0) is 0 Å². The van der Waals surface area contributed by atoms with Crippen molar-refractivity contribution >= 4 is 0 Å². The van der Waals surface area contributed by atoms with Crippen LogP contribution < -0.4 is 5.32 Å². The first-order chi connectivity index (χ1) is 13.8. The van der Waals surface area contributed by atoms with E-state index >= 15 is 0 Å². The fourth-order valence-electron chi connectivity index (χ4n) is 9.36. The van der Waals surface area contributed by atoms with Crippen molar-refractivity contribution in [3.05, 3.63) is 0 Å². The van der Waals surface area contributed by atoms with Crippen LogP contribution in [0.2, 0.25) is 0 Å². The lowest BCUT2D eigenvalue weighted by atomic mass is 9.48. The summed E-state index contributed by atoms with van der Waals surface area (Å²) >= 11 is 0. The summed E-state index contributed by atoms with van der Waals surface area (Å²) in [6, 6.07) is 0.823. The minimum atomic E-state index is 0.602. The van der Waals surface area contributed by atoms with Gasteiger partial charge < -0.3 is 5.32 Å². The number of rotatable bonds is 6. The lowest BCUT2D eigenvalue weighted by Gasteiger charge is -2.61. The molecule has 4 rings (SSSR count). The normalized spacial score (nSPS) is 46.7. The van der Waals surface area contributed by atoms with Gasteiger partial charge in [0, 0.05) is 6.04 Å². The Bertz CT molecular complexity index is 555. The fraction of sp³-hybridized carbons (Fsp3) is 1.00. The Labute approximate surface area is 182 Å². The van der Waals surface area contributed by atoms with Gasteiger partial charge in [-0.25, -0.2) is 0 Å². The van der Waals surface area contributed by atoms with E-state index in [9.17, 15) is 0 Å². The molecule has 0 aromatic rings. The number of hydrogen-bond donors (Lipinski definition) is 1. The van der Waals surface area contributed by atoms with E-state index in [4.69, 9.17) is 0 Å². The van der Waals surface area contributed by atoms with Gasteiger partial charge in [0.05, 0.1) is 0 Å². The summed E-state index contributed by atoms with van der Waals surface area (Å²) in [7, 11) is 0. The van der Waals surface area contributed by atoms with Crippen molar-refractivity contribution in [3.63, 3.8) is 0 Å². The van der Waals surface area contributed by atoms with E-state index in [2.05, 4.69) is 46.9 Å². The van der Waals surface area contributed by atoms with Crippen molar-refractivity contribution in [2.24, 2.45) is 52.3 Å². The molecule has 9 atom stereocenters. The van der Waals surface area contributed by atoms with Crippen LogP contribution in [0.25, 0.3) is 0 Å². The molecule has 29 heavy (non-hydrogen) atoms. The van der Waals surface area contributed by atoms with Gasteiger partial charge in [0.2, 0.25) is 0 Å². The van der Waals surface area contributed by atoms with E-state index in [0.29, 0.717) is 10.8 Å². The molecule has 168 valence electrons. The second-order valence-corrected chi connectivity index (χ2v) is 12.8. The second-order valence-electron chi connectivity index (χ2n) is 12.8. The Morgan fingerprint density at radius 2 is 1.62 bits per heavy atom. The zero-order chi connectivity index (χ0) is 20.8. The van der Waals surface area contributed by atoms with Crippen molar-refractivity contribution in [1.29, 1.82) is 0 Å². The summed E-state index contributed by atoms with van der Waals surface area (Å²) in [5, 5.41) is 4.18. The third-order valence-electron chi connectivity index (χ3n) is 11.4. The minimum absolute atomic E-state index is 0.602. The molecule has 0 spiro atoms. The molecule has 3 saturated carbocycles. The number of fused-ring (bicyclic) bond motifs is 5. The molecule has 0 radical (unpaired) electrons. The molecule has 0 amide bonds. The van der Waals surface area contributed by atoms with Crippen LogP contribution >= 0.6 is 0 Å². The van der Waals surface area contributed by atoms with Crippen molar-refractivity contribution < 1.29 is 0 Å². The highest BCUT2D eigenvalue weighted by molar-refractivity contribution is 5.12. The van der Waals surface area contributed by atoms with Gasteiger partial charge in [0.25, 0.3) is 0 Å². The van der Waals surface area contributed by atoms with Gasteiger partial charge in [-0.2, -0.15) is 0 Å². The molecule has 1 heterocycles. The molecule has 1 aliphatic heterocycles. The molecule has 3 aliphatic carbocycles. The zero-order valence-electron chi connectivity index (χ0n) is 20.6. The van der Waals surface area contributed by atoms with Gasteiger partial charge >= 0.3 is 0 Å². The topological polar surface area (TPSA) is 12.0 Å². The molecular formula is C28H51N. The standard InChI is InChI=1S/C28H51N/c1-7-21(19(2)3)12-11-20(4)23-13-14-24-26-25(15-17-28(23,24)6)27(5)16-9-8-10-22(27)18-29-26/h19-26,29H,7-18H2,1-6H3/t20-,21-,22?,23-,24+,25+,26+,27+,28-/m1/s1. The first-order valence-electron chi connectivity index (χ1n) is 13.5. The molecule has 1 N–H and O–H groups in total. The summed E-state index contributed by atoms with van der Waals surface area (Å²) in [5.41, 5.74) is 1.25. The summed E-state index contributed by atoms with van der Waals surface area (Å²) in [5.74, 6) is 6.53. The molecular weight excluding hydrogens is 350 g/mol. The molecule has 0 aromatic heterocycles. The van der Waals surface area contributed by atoms with Gasteiger partial charge in [-0.15, -0.1) is 0 Å². The predicted octanol–water partition coefficient (Wildman–Crippen LogP) is 7.70. The molecule has 0 aromatic carbocycles. The SMILES string of the molecule is CC[C@H](CC[C@@H](C)[C@H]1CC[C@H]2[C@@H]3NCC4CCCC[C@]4(C)[C@H]3CC[C@]12C)C(C)C. The molecule has 1 heteroatoms. The van der Waals surface area contributed by atoms with E-state index in [0.717, 1.165) is 47.5 Å². The minimum Gasteiger partial charge on any atom is -0.313 e. The summed E-state index contributed by atoms with van der Waals surface area (Å²) in [6.07, 6.45) is 16.3. The first kappa shape index (κ1) is 22.2. The Balaban J connectivity index is 1.45. The predicted molar refractivity (Wildman–Crippen MR) is 126 cm³/mol. The van der Waals surface area contributed by atoms with E-state index < -0.39 is 0 Å². The maximum atomic E-state index is 4.18. The third kappa shape index (κ3) is 3.74. The Morgan fingerprint density at radius 1 is 0.862 bits per heavy atom. The van der Waals surface area contributed by atoms with Crippen LogP contribution in [0, 0.1) is 52.3 Å². The molecule has 1 nitrogen and oxygen atoms in total. The number of piperidine rings is 1. The third-order valence-corrected chi connectivity index (χ3v) is 11.4. The lowest BCUT2D eigenvalue weighted by molar-refractivity contribution is -0.0890.